The highest BCUT2D eigenvalue weighted by Crippen LogP contribution is 2.19. The molecule has 22 heavy (non-hydrogen) atoms. The van der Waals surface area contributed by atoms with Crippen molar-refractivity contribution < 1.29 is 9.53 Å². The normalized spacial score (nSPS) is 10.5. The molecule has 0 spiro atoms. The van der Waals surface area contributed by atoms with Gasteiger partial charge in [0.05, 0.1) is 7.11 Å². The maximum atomic E-state index is 12.6. The zero-order chi connectivity index (χ0) is 15.9. The molecule has 0 aromatic heterocycles. The number of carbonyl (C=O) groups excluding carboxylic acids is 1. The van der Waals surface area contributed by atoms with Crippen molar-refractivity contribution in [3.63, 3.8) is 0 Å². The summed E-state index contributed by atoms with van der Waals surface area (Å²) in [4.78, 5) is 12.6. The van der Waals surface area contributed by atoms with Crippen LogP contribution in [0.4, 0.5) is 0 Å². The molecule has 116 valence electrons. The van der Waals surface area contributed by atoms with E-state index < -0.39 is 0 Å². The van der Waals surface area contributed by atoms with Gasteiger partial charge in [0.25, 0.3) is 0 Å². The van der Waals surface area contributed by atoms with E-state index in [1.165, 1.54) is 11.1 Å². The van der Waals surface area contributed by atoms with Crippen LogP contribution in [0, 0.1) is 0 Å². The first-order valence-electron chi connectivity index (χ1n) is 7.12. The number of hydrogen-bond acceptors (Lipinski definition) is 2. The van der Waals surface area contributed by atoms with Crippen LogP contribution in [0.2, 0.25) is 0 Å². The summed E-state index contributed by atoms with van der Waals surface area (Å²) in [7, 11) is 1.62. The Morgan fingerprint density at radius 1 is 0.909 bits per heavy atom. The van der Waals surface area contributed by atoms with E-state index in [2.05, 4.69) is 37.9 Å². The summed E-state index contributed by atoms with van der Waals surface area (Å²) in [6.07, 6.45) is 1.89. The van der Waals surface area contributed by atoms with Crippen molar-refractivity contribution in [2.45, 2.75) is 12.8 Å². The fourth-order valence-corrected chi connectivity index (χ4v) is 3.21. The van der Waals surface area contributed by atoms with Crippen LogP contribution in [-0.4, -0.2) is 23.6 Å². The molecule has 2 aromatic carbocycles. The van der Waals surface area contributed by atoms with Gasteiger partial charge in [-0.1, -0.05) is 44.0 Å². The second kappa shape index (κ2) is 8.49. The Bertz CT molecular complexity index is 636. The molecule has 0 N–H and O–H groups in total. The van der Waals surface area contributed by atoms with Gasteiger partial charge < -0.3 is 4.74 Å². The fraction of sp³-hybridized carbons (Fsp3) is 0.278. The maximum Gasteiger partial charge on any atom is 0.193 e. The van der Waals surface area contributed by atoms with Crippen molar-refractivity contribution in [2.75, 3.05) is 17.8 Å². The molecular weight excluding hydrogens is 408 g/mol. The Morgan fingerprint density at radius 3 is 2.09 bits per heavy atom. The number of hydrogen-bond donors (Lipinski definition) is 0. The van der Waals surface area contributed by atoms with Crippen LogP contribution < -0.4 is 4.74 Å². The molecule has 0 saturated carbocycles. The summed E-state index contributed by atoms with van der Waals surface area (Å²) >= 11 is 6.96. The highest BCUT2D eigenvalue weighted by molar-refractivity contribution is 9.09. The van der Waals surface area contributed by atoms with E-state index >= 15 is 0 Å². The quantitative estimate of drug-likeness (QED) is 0.470. The Labute approximate surface area is 148 Å². The van der Waals surface area contributed by atoms with Crippen molar-refractivity contribution in [1.82, 2.24) is 0 Å². The molecule has 0 atom stereocenters. The molecule has 0 amide bonds. The van der Waals surface area contributed by atoms with Crippen LogP contribution in [-0.2, 0) is 12.8 Å². The predicted molar refractivity (Wildman–Crippen MR) is 97.9 cm³/mol. The molecule has 0 radical (unpaired) electrons. The average molecular weight is 426 g/mol. The van der Waals surface area contributed by atoms with Gasteiger partial charge in [-0.05, 0) is 54.3 Å². The van der Waals surface area contributed by atoms with Gasteiger partial charge in [-0.25, -0.2) is 0 Å². The molecule has 0 aliphatic carbocycles. The van der Waals surface area contributed by atoms with Crippen LogP contribution in [0.5, 0.6) is 5.75 Å². The number of carbonyl (C=O) groups is 1. The van der Waals surface area contributed by atoms with E-state index in [0.717, 1.165) is 34.8 Å². The van der Waals surface area contributed by atoms with Crippen LogP contribution in [0.25, 0.3) is 0 Å². The van der Waals surface area contributed by atoms with E-state index in [0.29, 0.717) is 5.56 Å². The average Bonchev–Trinajstić information content (AvgIpc) is 2.56. The molecule has 0 fully saturated rings. The molecular formula is C18H18Br2O2. The largest absolute Gasteiger partial charge is 0.497 e. The minimum Gasteiger partial charge on any atom is -0.497 e. The molecule has 0 heterocycles. The molecule has 0 unspecified atom stereocenters. The zero-order valence-corrected chi connectivity index (χ0v) is 15.6. The number of rotatable bonds is 7. The van der Waals surface area contributed by atoms with Gasteiger partial charge in [-0.3, -0.25) is 4.79 Å². The number of benzene rings is 2. The summed E-state index contributed by atoms with van der Waals surface area (Å²) in [5, 5.41) is 1.82. The topological polar surface area (TPSA) is 26.3 Å². The third kappa shape index (κ3) is 4.20. The number of ether oxygens (including phenoxy) is 1. The Morgan fingerprint density at radius 2 is 1.50 bits per heavy atom. The summed E-state index contributed by atoms with van der Waals surface area (Å²) < 4.78 is 5.13. The van der Waals surface area contributed by atoms with Gasteiger partial charge in [-0.15, -0.1) is 0 Å². The monoisotopic (exact) mass is 424 g/mol. The summed E-state index contributed by atoms with van der Waals surface area (Å²) in [6.45, 7) is 0. The Kier molecular flexibility index (Phi) is 6.65. The van der Waals surface area contributed by atoms with Crippen molar-refractivity contribution in [3.8, 4) is 5.75 Å². The third-order valence-electron chi connectivity index (χ3n) is 3.55. The Balaban J connectivity index is 2.30. The number of ketones is 1. The maximum absolute atomic E-state index is 12.6. The van der Waals surface area contributed by atoms with E-state index in [1.54, 1.807) is 19.2 Å². The first-order valence-corrected chi connectivity index (χ1v) is 9.36. The molecule has 0 aliphatic rings. The standard InChI is InChI=1S/C18H18Br2O2/c1-22-17-6-4-14(5-7-17)18(21)16-3-2-13(8-10-19)15(12-16)9-11-20/h2-7,12H,8-11H2,1H3. The van der Waals surface area contributed by atoms with Crippen molar-refractivity contribution in [3.05, 3.63) is 64.7 Å². The number of alkyl halides is 2. The number of methoxy groups -OCH3 is 1. The number of halogens is 2. The first kappa shape index (κ1) is 17.2. The minimum atomic E-state index is 0.0452. The van der Waals surface area contributed by atoms with Gasteiger partial charge in [0.1, 0.15) is 5.75 Å². The zero-order valence-electron chi connectivity index (χ0n) is 12.4. The van der Waals surface area contributed by atoms with Crippen LogP contribution in [0.15, 0.2) is 42.5 Å². The predicted octanol–water partition coefficient (Wildman–Crippen LogP) is 4.80. The van der Waals surface area contributed by atoms with Crippen LogP contribution in [0.3, 0.4) is 0 Å². The molecule has 0 bridgehead atoms. The lowest BCUT2D eigenvalue weighted by Gasteiger charge is -2.10. The van der Waals surface area contributed by atoms with Crippen molar-refractivity contribution in [2.24, 2.45) is 0 Å². The second-order valence-electron chi connectivity index (χ2n) is 4.92. The van der Waals surface area contributed by atoms with Crippen LogP contribution in [0.1, 0.15) is 27.0 Å². The van der Waals surface area contributed by atoms with Gasteiger partial charge in [0.2, 0.25) is 0 Å². The molecule has 4 heteroatoms. The lowest BCUT2D eigenvalue weighted by atomic mass is 9.96. The van der Waals surface area contributed by atoms with Gasteiger partial charge in [-0.2, -0.15) is 0 Å². The lowest BCUT2D eigenvalue weighted by molar-refractivity contribution is 0.103. The first-order chi connectivity index (χ1) is 10.7. The van der Waals surface area contributed by atoms with E-state index in [1.807, 2.05) is 24.3 Å². The summed E-state index contributed by atoms with van der Waals surface area (Å²) in [6, 6.07) is 13.2. The molecule has 0 aliphatic heterocycles. The molecule has 2 aromatic rings. The fourth-order valence-electron chi connectivity index (χ4n) is 2.36. The minimum absolute atomic E-state index is 0.0452. The number of aryl methyl sites for hydroxylation is 2. The van der Waals surface area contributed by atoms with E-state index in [-0.39, 0.29) is 5.78 Å². The van der Waals surface area contributed by atoms with Crippen molar-refractivity contribution in [1.29, 1.82) is 0 Å². The highest BCUT2D eigenvalue weighted by Gasteiger charge is 2.12. The third-order valence-corrected chi connectivity index (χ3v) is 4.34. The summed E-state index contributed by atoms with van der Waals surface area (Å²) in [5.41, 5.74) is 3.94. The summed E-state index contributed by atoms with van der Waals surface area (Å²) in [5.74, 6) is 0.799. The molecule has 0 saturated heterocycles. The van der Waals surface area contributed by atoms with E-state index in [9.17, 15) is 4.79 Å². The van der Waals surface area contributed by atoms with Gasteiger partial charge in [0.15, 0.2) is 5.78 Å². The Hall–Kier alpha value is -1.13. The van der Waals surface area contributed by atoms with Gasteiger partial charge >= 0.3 is 0 Å². The van der Waals surface area contributed by atoms with Crippen LogP contribution >= 0.6 is 31.9 Å². The van der Waals surface area contributed by atoms with Gasteiger partial charge in [0, 0.05) is 21.8 Å². The SMILES string of the molecule is COc1ccc(C(=O)c2ccc(CCBr)c(CCBr)c2)cc1. The van der Waals surface area contributed by atoms with Crippen molar-refractivity contribution >= 4 is 37.6 Å². The molecule has 2 rings (SSSR count). The highest BCUT2D eigenvalue weighted by atomic mass is 79.9. The second-order valence-corrected chi connectivity index (χ2v) is 6.51. The lowest BCUT2D eigenvalue weighted by Crippen LogP contribution is -2.05. The van der Waals surface area contributed by atoms with E-state index in [4.69, 9.17) is 4.74 Å². The smallest absolute Gasteiger partial charge is 0.193 e. The molecule has 2 nitrogen and oxygen atoms in total.